The van der Waals surface area contributed by atoms with Gasteiger partial charge in [0.25, 0.3) is 0 Å². The van der Waals surface area contributed by atoms with Crippen LogP contribution in [0, 0.1) is 17.5 Å². The van der Waals surface area contributed by atoms with Gasteiger partial charge >= 0.3 is 0 Å². The van der Waals surface area contributed by atoms with Gasteiger partial charge in [0.15, 0.2) is 0 Å². The first kappa shape index (κ1) is 13.3. The van der Waals surface area contributed by atoms with Crippen molar-refractivity contribution in [2.24, 2.45) is 0 Å². The number of benzene rings is 2. The van der Waals surface area contributed by atoms with Crippen molar-refractivity contribution in [3.05, 3.63) is 59.4 Å². The molecule has 0 fully saturated rings. The van der Waals surface area contributed by atoms with E-state index in [1.165, 1.54) is 30.3 Å². The highest BCUT2D eigenvalue weighted by atomic mass is 19.1. The van der Waals surface area contributed by atoms with E-state index < -0.39 is 17.5 Å². The summed E-state index contributed by atoms with van der Waals surface area (Å²) < 4.78 is 38.9. The summed E-state index contributed by atoms with van der Waals surface area (Å²) in [5.74, 6) is -1.62. The number of rotatable bonds is 4. The molecule has 0 aliphatic carbocycles. The molecule has 0 heterocycles. The Balaban J connectivity index is 1.98. The van der Waals surface area contributed by atoms with Crippen LogP contribution in [-0.4, -0.2) is 6.54 Å². The highest BCUT2D eigenvalue weighted by molar-refractivity contribution is 5.65. The van der Waals surface area contributed by atoms with Crippen LogP contribution in [0.25, 0.3) is 0 Å². The largest absolute Gasteiger partial charge is 0.397 e. The number of halogens is 3. The maximum absolute atomic E-state index is 13.0. The first-order valence-corrected chi connectivity index (χ1v) is 5.78. The zero-order valence-corrected chi connectivity index (χ0v) is 10.1. The van der Waals surface area contributed by atoms with E-state index in [1.54, 1.807) is 0 Å². The van der Waals surface area contributed by atoms with Crippen molar-refractivity contribution in [2.75, 3.05) is 17.6 Å². The number of nitrogens with two attached hydrogens (primary N) is 1. The standard InChI is InChI=1S/C14H13F3N2/c15-10-1-2-13(18)14(8-10)19-4-3-9-5-11(16)7-12(17)6-9/h1-2,5-8,19H,3-4,18H2. The van der Waals surface area contributed by atoms with Crippen LogP contribution in [0.4, 0.5) is 24.5 Å². The third kappa shape index (κ3) is 3.64. The molecule has 0 unspecified atom stereocenters. The minimum Gasteiger partial charge on any atom is -0.397 e. The molecular weight excluding hydrogens is 253 g/mol. The van der Waals surface area contributed by atoms with E-state index >= 15 is 0 Å². The van der Waals surface area contributed by atoms with E-state index in [2.05, 4.69) is 5.32 Å². The highest BCUT2D eigenvalue weighted by Gasteiger charge is 2.03. The fourth-order valence-corrected chi connectivity index (χ4v) is 1.78. The summed E-state index contributed by atoms with van der Waals surface area (Å²) in [6, 6.07) is 7.35. The van der Waals surface area contributed by atoms with Crippen LogP contribution in [0.1, 0.15) is 5.56 Å². The monoisotopic (exact) mass is 266 g/mol. The Morgan fingerprint density at radius 1 is 0.895 bits per heavy atom. The average molecular weight is 266 g/mol. The van der Waals surface area contributed by atoms with Crippen molar-refractivity contribution in [1.29, 1.82) is 0 Å². The van der Waals surface area contributed by atoms with E-state index in [-0.39, 0.29) is 0 Å². The Hall–Kier alpha value is -2.17. The summed E-state index contributed by atoms with van der Waals surface area (Å²) in [6.07, 6.45) is 0.407. The Morgan fingerprint density at radius 2 is 1.58 bits per heavy atom. The van der Waals surface area contributed by atoms with E-state index in [0.717, 1.165) is 6.07 Å². The van der Waals surface area contributed by atoms with Crippen LogP contribution in [0.2, 0.25) is 0 Å². The number of anilines is 2. The second kappa shape index (κ2) is 5.65. The van der Waals surface area contributed by atoms with E-state index in [0.29, 0.717) is 29.9 Å². The average Bonchev–Trinajstić information content (AvgIpc) is 2.32. The predicted octanol–water partition coefficient (Wildman–Crippen LogP) is 3.34. The molecule has 2 aromatic carbocycles. The van der Waals surface area contributed by atoms with Gasteiger partial charge in [0, 0.05) is 12.6 Å². The molecule has 0 spiro atoms. The Labute approximate surface area is 109 Å². The molecule has 0 aromatic heterocycles. The van der Waals surface area contributed by atoms with E-state index in [4.69, 9.17) is 5.73 Å². The van der Waals surface area contributed by atoms with Gasteiger partial charge in [-0.3, -0.25) is 0 Å². The molecule has 0 amide bonds. The van der Waals surface area contributed by atoms with Gasteiger partial charge in [-0.25, -0.2) is 13.2 Å². The van der Waals surface area contributed by atoms with Crippen LogP contribution in [0.5, 0.6) is 0 Å². The van der Waals surface area contributed by atoms with Crippen LogP contribution in [0.15, 0.2) is 36.4 Å². The van der Waals surface area contributed by atoms with Crippen molar-refractivity contribution >= 4 is 11.4 Å². The number of hydrogen-bond donors (Lipinski definition) is 2. The zero-order chi connectivity index (χ0) is 13.8. The van der Waals surface area contributed by atoms with Gasteiger partial charge in [-0.2, -0.15) is 0 Å². The zero-order valence-electron chi connectivity index (χ0n) is 10.1. The molecular formula is C14H13F3N2. The van der Waals surface area contributed by atoms with E-state index in [9.17, 15) is 13.2 Å². The molecule has 0 aliphatic heterocycles. The summed E-state index contributed by atoms with van der Waals surface area (Å²) in [7, 11) is 0. The second-order valence-electron chi connectivity index (χ2n) is 4.19. The molecule has 2 aromatic rings. The Morgan fingerprint density at radius 3 is 2.26 bits per heavy atom. The normalized spacial score (nSPS) is 10.5. The fourth-order valence-electron chi connectivity index (χ4n) is 1.78. The van der Waals surface area contributed by atoms with Crippen LogP contribution >= 0.6 is 0 Å². The molecule has 3 N–H and O–H groups in total. The minimum atomic E-state index is -0.611. The third-order valence-corrected chi connectivity index (χ3v) is 2.67. The lowest BCUT2D eigenvalue weighted by atomic mass is 10.1. The molecule has 0 saturated heterocycles. The maximum Gasteiger partial charge on any atom is 0.126 e. The summed E-state index contributed by atoms with van der Waals surface area (Å²) in [5.41, 5.74) is 7.09. The lowest BCUT2D eigenvalue weighted by Crippen LogP contribution is -2.07. The second-order valence-corrected chi connectivity index (χ2v) is 4.19. The fraction of sp³-hybridized carbons (Fsp3) is 0.143. The first-order valence-electron chi connectivity index (χ1n) is 5.78. The molecule has 0 saturated carbocycles. The summed E-state index contributed by atoms with van der Waals surface area (Å²) in [5, 5.41) is 2.93. The number of nitrogens with one attached hydrogen (secondary N) is 1. The van der Waals surface area contributed by atoms with Gasteiger partial charge in [-0.1, -0.05) is 0 Å². The molecule has 2 rings (SSSR count). The molecule has 19 heavy (non-hydrogen) atoms. The topological polar surface area (TPSA) is 38.0 Å². The smallest absolute Gasteiger partial charge is 0.126 e. The van der Waals surface area contributed by atoms with Crippen molar-refractivity contribution < 1.29 is 13.2 Å². The van der Waals surface area contributed by atoms with Crippen molar-refractivity contribution in [3.63, 3.8) is 0 Å². The molecule has 0 aliphatic rings. The SMILES string of the molecule is Nc1ccc(F)cc1NCCc1cc(F)cc(F)c1. The molecule has 0 atom stereocenters. The maximum atomic E-state index is 13.0. The van der Waals surface area contributed by atoms with Crippen LogP contribution in [-0.2, 0) is 6.42 Å². The van der Waals surface area contributed by atoms with Crippen molar-refractivity contribution in [1.82, 2.24) is 0 Å². The molecule has 0 bridgehead atoms. The molecule has 2 nitrogen and oxygen atoms in total. The summed E-state index contributed by atoms with van der Waals surface area (Å²) in [4.78, 5) is 0. The first-order chi connectivity index (χ1) is 9.04. The van der Waals surface area contributed by atoms with E-state index in [1.807, 2.05) is 0 Å². The van der Waals surface area contributed by atoms with Gasteiger partial charge in [0.2, 0.25) is 0 Å². The van der Waals surface area contributed by atoms with Gasteiger partial charge in [0.05, 0.1) is 11.4 Å². The van der Waals surface area contributed by atoms with Gasteiger partial charge in [-0.15, -0.1) is 0 Å². The van der Waals surface area contributed by atoms with Gasteiger partial charge in [0.1, 0.15) is 17.5 Å². The number of hydrogen-bond acceptors (Lipinski definition) is 2. The highest BCUT2D eigenvalue weighted by Crippen LogP contribution is 2.19. The summed E-state index contributed by atoms with van der Waals surface area (Å²) in [6.45, 7) is 0.399. The van der Waals surface area contributed by atoms with Crippen molar-refractivity contribution in [3.8, 4) is 0 Å². The lowest BCUT2D eigenvalue weighted by molar-refractivity contribution is 0.580. The predicted molar refractivity (Wildman–Crippen MR) is 69.4 cm³/mol. The molecule has 100 valence electrons. The molecule has 0 radical (unpaired) electrons. The van der Waals surface area contributed by atoms with Gasteiger partial charge < -0.3 is 11.1 Å². The van der Waals surface area contributed by atoms with Gasteiger partial charge in [-0.05, 0) is 42.3 Å². The van der Waals surface area contributed by atoms with Crippen LogP contribution < -0.4 is 11.1 Å². The Bertz CT molecular complexity index is 565. The quantitative estimate of drug-likeness (QED) is 0.833. The third-order valence-electron chi connectivity index (χ3n) is 2.67. The molecule has 5 heteroatoms. The lowest BCUT2D eigenvalue weighted by Gasteiger charge is -2.09. The Kier molecular flexibility index (Phi) is 3.94. The minimum absolute atomic E-state index is 0.395. The van der Waals surface area contributed by atoms with Crippen molar-refractivity contribution in [2.45, 2.75) is 6.42 Å². The summed E-state index contributed by atoms with van der Waals surface area (Å²) >= 11 is 0. The number of nitrogen functional groups attached to an aromatic ring is 1. The van der Waals surface area contributed by atoms with Crippen LogP contribution in [0.3, 0.4) is 0 Å².